The van der Waals surface area contributed by atoms with Gasteiger partial charge in [-0.25, -0.2) is 4.79 Å². The molecular weight excluding hydrogens is 472 g/mol. The summed E-state index contributed by atoms with van der Waals surface area (Å²) in [6.07, 6.45) is 3.15. The molecule has 2 unspecified atom stereocenters. The molecule has 9 heteroatoms. The van der Waals surface area contributed by atoms with E-state index in [2.05, 4.69) is 29.8 Å². The number of unbranched alkanes of at least 4 members (excludes halogenated alkanes) is 1. The van der Waals surface area contributed by atoms with E-state index >= 15 is 0 Å². The Morgan fingerprint density at radius 2 is 1.78 bits per heavy atom. The molecule has 37 heavy (non-hydrogen) atoms. The molecule has 0 radical (unpaired) electrons. The van der Waals surface area contributed by atoms with Crippen LogP contribution < -0.4 is 21.7 Å². The molecule has 0 aromatic heterocycles. The number of rotatable bonds is 17. The minimum absolute atomic E-state index is 0.0201. The van der Waals surface area contributed by atoms with Crippen LogP contribution in [-0.2, 0) is 25.7 Å². The summed E-state index contributed by atoms with van der Waals surface area (Å²) in [7, 11) is 0. The third kappa shape index (κ3) is 11.5. The fourth-order valence-electron chi connectivity index (χ4n) is 4.18. The van der Waals surface area contributed by atoms with Crippen LogP contribution in [0.15, 0.2) is 30.3 Å². The molecule has 5 atom stereocenters. The molecule has 1 aromatic rings. The highest BCUT2D eigenvalue weighted by Crippen LogP contribution is 2.21. The average molecular weight is 519 g/mol. The highest BCUT2D eigenvalue weighted by Gasteiger charge is 2.37. The number of nitrogens with one attached hydrogen (secondary N) is 3. The lowest BCUT2D eigenvalue weighted by Gasteiger charge is -2.28. The first kappa shape index (κ1) is 30.6. The van der Waals surface area contributed by atoms with Crippen LogP contribution in [0.5, 0.6) is 0 Å². The number of carbonyl (C=O) groups excluding carboxylic acids is 3. The highest BCUT2D eigenvalue weighted by molar-refractivity contribution is 5.89. The third-order valence-electron chi connectivity index (χ3n) is 6.77. The van der Waals surface area contributed by atoms with Crippen LogP contribution in [0, 0.1) is 17.8 Å². The Bertz CT molecular complexity index is 831. The molecule has 2 rings (SSSR count). The lowest BCUT2D eigenvalue weighted by Crippen LogP contribution is -2.55. The first-order valence-electron chi connectivity index (χ1n) is 13.6. The van der Waals surface area contributed by atoms with Gasteiger partial charge in [-0.2, -0.15) is 0 Å². The van der Waals surface area contributed by atoms with E-state index < -0.39 is 18.1 Å². The van der Waals surface area contributed by atoms with Crippen molar-refractivity contribution in [3.8, 4) is 0 Å². The molecule has 0 bridgehead atoms. The van der Waals surface area contributed by atoms with Gasteiger partial charge in [-0.15, -0.1) is 0 Å². The summed E-state index contributed by atoms with van der Waals surface area (Å²) < 4.78 is 10.6. The Balaban J connectivity index is 1.76. The first-order valence-corrected chi connectivity index (χ1v) is 13.6. The van der Waals surface area contributed by atoms with Crippen molar-refractivity contribution in [2.75, 3.05) is 19.7 Å². The van der Waals surface area contributed by atoms with E-state index in [-0.39, 0.29) is 43.0 Å². The van der Waals surface area contributed by atoms with Gasteiger partial charge >= 0.3 is 6.09 Å². The van der Waals surface area contributed by atoms with Crippen LogP contribution in [-0.4, -0.2) is 55.8 Å². The standard InChI is InChI=1S/C28H46N4O5/c1-5-20(4)25(27(34)31-23(15-19(2)3)24-18-36-24)32-26(33)22(16-29)13-9-10-14-30-28(35)37-17-21-11-7-6-8-12-21/h6-8,11-12,19-20,22-25H,5,9-10,13-18,29H2,1-4H3,(H,30,35)(H,31,34)(H,32,33)/t20?,22-,23+,24?,25+/m1/s1. The number of ether oxygens (including phenoxy) is 2. The number of epoxide rings is 1. The Kier molecular flexibility index (Phi) is 13.4. The van der Waals surface area contributed by atoms with Gasteiger partial charge in [0.15, 0.2) is 0 Å². The minimum atomic E-state index is -0.624. The van der Waals surface area contributed by atoms with Gasteiger partial charge in [-0.1, -0.05) is 70.9 Å². The van der Waals surface area contributed by atoms with Gasteiger partial charge in [0.05, 0.1) is 18.6 Å². The van der Waals surface area contributed by atoms with E-state index in [4.69, 9.17) is 15.2 Å². The van der Waals surface area contributed by atoms with Gasteiger partial charge in [-0.05, 0) is 36.7 Å². The largest absolute Gasteiger partial charge is 0.445 e. The maximum absolute atomic E-state index is 13.2. The SMILES string of the molecule is CCC(C)[C@H](NC(=O)[C@@H](CN)CCCCNC(=O)OCc1ccccc1)C(=O)N[C@@H](CC(C)C)C1CO1. The maximum Gasteiger partial charge on any atom is 0.407 e. The van der Waals surface area contributed by atoms with Gasteiger partial charge in [0.25, 0.3) is 0 Å². The van der Waals surface area contributed by atoms with E-state index in [0.717, 1.165) is 18.4 Å². The summed E-state index contributed by atoms with van der Waals surface area (Å²) >= 11 is 0. The van der Waals surface area contributed by atoms with Crippen LogP contribution in [0.25, 0.3) is 0 Å². The molecule has 0 aliphatic carbocycles. The molecule has 208 valence electrons. The summed E-state index contributed by atoms with van der Waals surface area (Å²) in [6.45, 7) is 9.73. The van der Waals surface area contributed by atoms with Crippen LogP contribution in [0.3, 0.4) is 0 Å². The van der Waals surface area contributed by atoms with Crippen LogP contribution in [0.4, 0.5) is 4.79 Å². The summed E-state index contributed by atoms with van der Waals surface area (Å²) in [4.78, 5) is 38.1. The second-order valence-corrected chi connectivity index (χ2v) is 10.4. The second kappa shape index (κ2) is 16.2. The summed E-state index contributed by atoms with van der Waals surface area (Å²) in [5.41, 5.74) is 6.83. The van der Waals surface area contributed by atoms with Crippen molar-refractivity contribution in [3.63, 3.8) is 0 Å². The predicted octanol–water partition coefficient (Wildman–Crippen LogP) is 3.12. The Hall–Kier alpha value is -2.65. The topological polar surface area (TPSA) is 135 Å². The molecule has 3 amide bonds. The monoisotopic (exact) mass is 518 g/mol. The number of hydrogen-bond acceptors (Lipinski definition) is 6. The number of amides is 3. The van der Waals surface area contributed by atoms with Gasteiger partial charge in [0, 0.05) is 13.1 Å². The predicted molar refractivity (Wildman–Crippen MR) is 144 cm³/mol. The summed E-state index contributed by atoms with van der Waals surface area (Å²) in [5, 5.41) is 8.82. The molecular formula is C28H46N4O5. The Morgan fingerprint density at radius 3 is 2.38 bits per heavy atom. The zero-order valence-electron chi connectivity index (χ0n) is 22.8. The molecule has 0 saturated carbocycles. The smallest absolute Gasteiger partial charge is 0.407 e. The lowest BCUT2D eigenvalue weighted by atomic mass is 9.94. The number of benzene rings is 1. The summed E-state index contributed by atoms with van der Waals surface area (Å²) in [6, 6.07) is 8.81. The molecule has 1 aromatic carbocycles. The molecule has 1 heterocycles. The van der Waals surface area contributed by atoms with Crippen molar-refractivity contribution in [3.05, 3.63) is 35.9 Å². The van der Waals surface area contributed by atoms with Crippen molar-refractivity contribution in [1.82, 2.24) is 16.0 Å². The third-order valence-corrected chi connectivity index (χ3v) is 6.77. The van der Waals surface area contributed by atoms with E-state index in [1.54, 1.807) is 0 Å². The van der Waals surface area contributed by atoms with Gasteiger partial charge in [0.1, 0.15) is 18.8 Å². The second-order valence-electron chi connectivity index (χ2n) is 10.4. The van der Waals surface area contributed by atoms with Gasteiger partial charge in [0.2, 0.25) is 11.8 Å². The number of hydrogen-bond donors (Lipinski definition) is 4. The maximum atomic E-state index is 13.2. The number of alkyl carbamates (subject to hydrolysis) is 1. The van der Waals surface area contributed by atoms with Crippen LogP contribution in [0.1, 0.15) is 65.4 Å². The fourth-order valence-corrected chi connectivity index (χ4v) is 4.18. The van der Waals surface area contributed by atoms with Crippen molar-refractivity contribution in [2.24, 2.45) is 23.5 Å². The van der Waals surface area contributed by atoms with E-state index in [1.807, 2.05) is 44.2 Å². The molecule has 9 nitrogen and oxygen atoms in total. The van der Waals surface area contributed by atoms with Gasteiger partial charge < -0.3 is 31.2 Å². The first-order chi connectivity index (χ1) is 17.7. The van der Waals surface area contributed by atoms with Crippen LogP contribution in [0.2, 0.25) is 0 Å². The quantitative estimate of drug-likeness (QED) is 0.185. The minimum Gasteiger partial charge on any atom is -0.445 e. The van der Waals surface area contributed by atoms with Gasteiger partial charge in [-0.3, -0.25) is 9.59 Å². The average Bonchev–Trinajstić information content (AvgIpc) is 3.73. The van der Waals surface area contributed by atoms with Crippen molar-refractivity contribution < 1.29 is 23.9 Å². The molecule has 0 spiro atoms. The zero-order valence-corrected chi connectivity index (χ0v) is 22.8. The van der Waals surface area contributed by atoms with Crippen molar-refractivity contribution >= 4 is 17.9 Å². The van der Waals surface area contributed by atoms with E-state index in [0.29, 0.717) is 38.3 Å². The molecule has 1 saturated heterocycles. The normalized spacial score (nSPS) is 17.8. The zero-order chi connectivity index (χ0) is 27.2. The Labute approximate surface area is 221 Å². The molecule has 1 aliphatic heterocycles. The number of carbonyl (C=O) groups is 3. The molecule has 5 N–H and O–H groups in total. The van der Waals surface area contributed by atoms with E-state index in [1.165, 1.54) is 0 Å². The van der Waals surface area contributed by atoms with Crippen LogP contribution >= 0.6 is 0 Å². The molecule has 1 aliphatic rings. The van der Waals surface area contributed by atoms with Crippen molar-refractivity contribution in [1.29, 1.82) is 0 Å². The van der Waals surface area contributed by atoms with E-state index in [9.17, 15) is 14.4 Å². The highest BCUT2D eigenvalue weighted by atomic mass is 16.6. The lowest BCUT2D eigenvalue weighted by molar-refractivity contribution is -0.132. The summed E-state index contributed by atoms with van der Waals surface area (Å²) in [5.74, 6) is -0.372. The van der Waals surface area contributed by atoms with Crippen molar-refractivity contribution in [2.45, 2.75) is 84.6 Å². The molecule has 1 fully saturated rings. The fraction of sp³-hybridized carbons (Fsp3) is 0.679. The number of nitrogens with two attached hydrogens (primary N) is 1. The Morgan fingerprint density at radius 1 is 1.08 bits per heavy atom.